The summed E-state index contributed by atoms with van der Waals surface area (Å²) in [5, 5.41) is -1.06. The largest absolute Gasteiger partial charge is 1.00 e. The topological polar surface area (TPSA) is 104 Å². The van der Waals surface area contributed by atoms with Gasteiger partial charge in [0.15, 0.2) is 0 Å². The van der Waals surface area contributed by atoms with E-state index in [1.165, 1.54) is 6.92 Å². The molecule has 1 unspecified atom stereocenters. The summed E-state index contributed by atoms with van der Waals surface area (Å²) < 4.78 is 58.4. The van der Waals surface area contributed by atoms with E-state index in [1.807, 2.05) is 97.1 Å². The van der Waals surface area contributed by atoms with Crippen LogP contribution in [-0.4, -0.2) is 53.2 Å². The second-order valence-corrected chi connectivity index (χ2v) is 19.1. The average Bonchev–Trinajstić information content (AvgIpc) is 3.38. The first-order valence-corrected chi connectivity index (χ1v) is 24.4. The summed E-state index contributed by atoms with van der Waals surface area (Å²) in [4.78, 5) is 8.60. The monoisotopic (exact) mass is 963 g/mol. The number of anilines is 8. The molecule has 1 aliphatic heterocycles. The Labute approximate surface area is 431 Å². The Hall–Kier alpha value is -6.38. The first-order chi connectivity index (χ1) is 33.0. The first kappa shape index (κ1) is 49.1. The third-order valence-corrected chi connectivity index (χ3v) is 14.6. The van der Waals surface area contributed by atoms with Crippen molar-refractivity contribution in [2.45, 2.75) is 28.4 Å². The van der Waals surface area contributed by atoms with Crippen molar-refractivity contribution >= 4 is 67.4 Å². The number of hydrogen-bond acceptors (Lipinski definition) is 11. The molecule has 0 aliphatic carbocycles. The Bertz CT molecular complexity index is 2830. The summed E-state index contributed by atoms with van der Waals surface area (Å²) in [5.41, 5.74) is 11.7. The maximum atomic E-state index is 12.2. The molecule has 10 nitrogen and oxygen atoms in total. The Morgan fingerprint density at radius 3 is 1.01 bits per heavy atom. The van der Waals surface area contributed by atoms with E-state index in [1.54, 1.807) is 40.2 Å². The van der Waals surface area contributed by atoms with Crippen LogP contribution < -0.4 is 63.2 Å². The van der Waals surface area contributed by atoms with Crippen LogP contribution in [0.25, 0.3) is 22.3 Å². The number of nitrogens with zero attached hydrogens (tertiary/aromatic N) is 3. The van der Waals surface area contributed by atoms with Gasteiger partial charge in [0.2, 0.25) is 0 Å². The fourth-order valence-electron chi connectivity index (χ4n) is 8.36. The third-order valence-electron chi connectivity index (χ3n) is 12.2. The van der Waals surface area contributed by atoms with E-state index < -0.39 is 15.4 Å². The molecule has 1 aliphatic rings. The quantitative estimate of drug-likeness (QED) is 0.0683. The zero-order chi connectivity index (χ0) is 47.4. The van der Waals surface area contributed by atoms with Crippen molar-refractivity contribution in [3.05, 3.63) is 182 Å². The minimum absolute atomic E-state index is 0. The molecule has 13 heteroatoms. The molecule has 8 aromatic rings. The fraction of sp³-hybridized carbons (Fsp3) is 0.143. The number of methoxy groups -OCH3 is 4. The number of benzene rings is 8. The van der Waals surface area contributed by atoms with Crippen LogP contribution in [-0.2, 0) is 10.1 Å². The molecule has 0 N–H and O–H groups in total. The molecular formula is C56H50N3NaO7S2. The summed E-state index contributed by atoms with van der Waals surface area (Å²) >= 11 is 1.68. The van der Waals surface area contributed by atoms with Crippen LogP contribution in [0.3, 0.4) is 0 Å². The van der Waals surface area contributed by atoms with Gasteiger partial charge in [0.1, 0.15) is 23.0 Å². The molecule has 0 amide bonds. The van der Waals surface area contributed by atoms with Crippen LogP contribution in [0, 0.1) is 0 Å². The van der Waals surface area contributed by atoms with Crippen molar-refractivity contribution in [3.8, 4) is 45.3 Å². The summed E-state index contributed by atoms with van der Waals surface area (Å²) in [6, 6.07) is 61.6. The molecule has 344 valence electrons. The zero-order valence-corrected chi connectivity index (χ0v) is 43.0. The normalized spacial score (nSPS) is 12.2. The molecular weight excluding hydrogens is 914 g/mol. The van der Waals surface area contributed by atoms with Gasteiger partial charge in [0, 0.05) is 55.7 Å². The Morgan fingerprint density at radius 1 is 0.464 bits per heavy atom. The predicted octanol–water partition coefficient (Wildman–Crippen LogP) is 10.9. The SMILES string of the molecule is COc1ccc(N(c2ccc(OC)cc2)c2ccc(-c3ccc4c(c3)N(CCC(C)S(=O)(=O)[O-])c3cc(-c5ccc(N(c6ccc(OC)cc6)c6ccc(OC)cc6)cc5)ccc3S4)cc2)cc1.[Na+]. The smallest absolute Gasteiger partial charge is 0.748 e. The molecule has 0 bridgehead atoms. The van der Waals surface area contributed by atoms with Crippen LogP contribution in [0.5, 0.6) is 23.0 Å². The van der Waals surface area contributed by atoms with Crippen LogP contribution in [0.2, 0.25) is 0 Å². The van der Waals surface area contributed by atoms with Gasteiger partial charge in [-0.05, 0) is 181 Å². The minimum atomic E-state index is -4.49. The Kier molecular flexibility index (Phi) is 15.3. The maximum Gasteiger partial charge on any atom is 1.00 e. The summed E-state index contributed by atoms with van der Waals surface area (Å²) in [6.45, 7) is 1.81. The summed E-state index contributed by atoms with van der Waals surface area (Å²) in [6.07, 6.45) is 0.159. The van der Waals surface area contributed by atoms with Crippen molar-refractivity contribution in [2.75, 3.05) is 49.7 Å². The maximum absolute atomic E-state index is 12.2. The van der Waals surface area contributed by atoms with Crippen molar-refractivity contribution in [2.24, 2.45) is 0 Å². The summed E-state index contributed by atoms with van der Waals surface area (Å²) in [5.74, 6) is 3.09. The van der Waals surface area contributed by atoms with Gasteiger partial charge in [-0.25, -0.2) is 8.42 Å². The molecule has 0 spiro atoms. The van der Waals surface area contributed by atoms with E-state index in [0.29, 0.717) is 6.54 Å². The second-order valence-electron chi connectivity index (χ2n) is 16.3. The molecule has 1 heterocycles. The summed E-state index contributed by atoms with van der Waals surface area (Å²) in [7, 11) is 2.14. The fourth-order valence-corrected chi connectivity index (χ4v) is 9.81. The first-order valence-electron chi connectivity index (χ1n) is 22.1. The number of hydrogen-bond donors (Lipinski definition) is 0. The van der Waals surface area contributed by atoms with E-state index in [9.17, 15) is 13.0 Å². The molecule has 9 rings (SSSR count). The zero-order valence-electron chi connectivity index (χ0n) is 39.3. The van der Waals surface area contributed by atoms with Crippen LogP contribution in [0.1, 0.15) is 13.3 Å². The van der Waals surface area contributed by atoms with Gasteiger partial charge in [-0.3, -0.25) is 0 Å². The number of fused-ring (bicyclic) bond motifs is 2. The molecule has 0 radical (unpaired) electrons. The third kappa shape index (κ3) is 10.8. The van der Waals surface area contributed by atoms with Gasteiger partial charge in [-0.1, -0.05) is 48.2 Å². The van der Waals surface area contributed by atoms with Gasteiger partial charge >= 0.3 is 29.6 Å². The minimum Gasteiger partial charge on any atom is -0.748 e. The van der Waals surface area contributed by atoms with E-state index in [0.717, 1.165) is 101 Å². The van der Waals surface area contributed by atoms with Crippen molar-refractivity contribution < 1.29 is 61.5 Å². The number of rotatable bonds is 16. The van der Waals surface area contributed by atoms with Crippen molar-refractivity contribution in [3.63, 3.8) is 0 Å². The van der Waals surface area contributed by atoms with E-state index in [2.05, 4.69) is 99.6 Å². The Morgan fingerprint density at radius 2 is 0.739 bits per heavy atom. The Balaban J connectivity index is 0.00000642. The average molecular weight is 964 g/mol. The van der Waals surface area contributed by atoms with Crippen molar-refractivity contribution in [1.82, 2.24) is 0 Å². The van der Waals surface area contributed by atoms with Crippen LogP contribution in [0.4, 0.5) is 45.5 Å². The van der Waals surface area contributed by atoms with Gasteiger partial charge in [-0.15, -0.1) is 0 Å². The van der Waals surface area contributed by atoms with E-state index >= 15 is 0 Å². The van der Waals surface area contributed by atoms with Crippen LogP contribution >= 0.6 is 11.8 Å². The van der Waals surface area contributed by atoms with E-state index in [4.69, 9.17) is 18.9 Å². The van der Waals surface area contributed by atoms with Gasteiger partial charge in [0.05, 0.1) is 49.9 Å². The molecule has 0 fully saturated rings. The second kappa shape index (κ2) is 21.5. The van der Waals surface area contributed by atoms with Gasteiger partial charge in [0.25, 0.3) is 0 Å². The van der Waals surface area contributed by atoms with Gasteiger partial charge in [-0.2, -0.15) is 0 Å². The molecule has 69 heavy (non-hydrogen) atoms. The standard InChI is InChI=1S/C56H51N3O7S2.Na/c1-38(68(60,61)62)34-35-57-53-36-41(39-6-12-43(13-7-39)58(45-16-24-49(63-2)25-17-45)46-18-26-50(64-3)27-19-46)10-32-55(53)67-56-33-11-42(37-54(56)57)40-8-14-44(15-9-40)59(47-20-28-51(65-4)29-21-47)48-22-30-52(66-5)31-23-48;/h6-33,36-38H,34-35H2,1-5H3,(H,60,61,62);/q;+1/p-1. The molecule has 1 atom stereocenters. The molecule has 0 saturated heterocycles. The van der Waals surface area contributed by atoms with Crippen molar-refractivity contribution in [1.29, 1.82) is 0 Å². The van der Waals surface area contributed by atoms with Gasteiger partial charge < -0.3 is 38.2 Å². The molecule has 0 saturated carbocycles. The number of ether oxygens (including phenoxy) is 4. The molecule has 0 aromatic heterocycles. The predicted molar refractivity (Wildman–Crippen MR) is 274 cm³/mol. The van der Waals surface area contributed by atoms with Crippen LogP contribution in [0.15, 0.2) is 192 Å². The molecule has 8 aromatic carbocycles. The van der Waals surface area contributed by atoms with E-state index in [-0.39, 0.29) is 36.0 Å².